The number of aromatic nitrogens is 1. The number of para-hydroxylation sites is 1. The summed E-state index contributed by atoms with van der Waals surface area (Å²) in [5, 5.41) is 6.09. The van der Waals surface area contributed by atoms with E-state index >= 15 is 0 Å². The molecule has 9 heteroatoms. The van der Waals surface area contributed by atoms with Gasteiger partial charge in [-0.2, -0.15) is 0 Å². The van der Waals surface area contributed by atoms with Gasteiger partial charge in [0.15, 0.2) is 0 Å². The minimum Gasteiger partial charge on any atom is -0.361 e. The largest absolute Gasteiger partial charge is 0.361 e. The maximum Gasteiger partial charge on any atom is 0.319 e. The fourth-order valence-corrected chi connectivity index (χ4v) is 4.82. The summed E-state index contributed by atoms with van der Waals surface area (Å²) in [7, 11) is 0. The van der Waals surface area contributed by atoms with Crippen LogP contribution in [0.2, 0.25) is 0 Å². The third kappa shape index (κ3) is 6.00. The van der Waals surface area contributed by atoms with E-state index in [1.54, 1.807) is 4.90 Å². The number of nitrogens with one attached hydrogen (secondary N) is 3. The van der Waals surface area contributed by atoms with Crippen LogP contribution in [0.1, 0.15) is 11.1 Å². The molecular formula is C29H29F2N5O2. The topological polar surface area (TPSA) is 80.5 Å². The van der Waals surface area contributed by atoms with Gasteiger partial charge in [-0.05, 0) is 29.3 Å². The summed E-state index contributed by atoms with van der Waals surface area (Å²) < 4.78 is 27.4. The lowest BCUT2D eigenvalue weighted by Crippen LogP contribution is -2.55. The van der Waals surface area contributed by atoms with E-state index in [1.165, 1.54) is 5.56 Å². The Morgan fingerprint density at radius 1 is 0.921 bits per heavy atom. The normalized spacial score (nSPS) is 14.8. The van der Waals surface area contributed by atoms with E-state index in [9.17, 15) is 18.4 Å². The van der Waals surface area contributed by atoms with E-state index in [0.29, 0.717) is 32.2 Å². The van der Waals surface area contributed by atoms with Gasteiger partial charge in [0.25, 0.3) is 0 Å². The number of H-pyrrole nitrogens is 1. The van der Waals surface area contributed by atoms with Crippen molar-refractivity contribution in [3.63, 3.8) is 0 Å². The van der Waals surface area contributed by atoms with Crippen molar-refractivity contribution in [1.82, 2.24) is 20.1 Å². The van der Waals surface area contributed by atoms with Crippen molar-refractivity contribution in [3.05, 3.63) is 102 Å². The van der Waals surface area contributed by atoms with Crippen LogP contribution in [0.3, 0.4) is 0 Å². The lowest BCUT2D eigenvalue weighted by molar-refractivity contribution is -0.135. The maximum absolute atomic E-state index is 14.1. The molecule has 1 aliphatic heterocycles. The summed E-state index contributed by atoms with van der Waals surface area (Å²) in [5.41, 5.74) is 2.86. The molecule has 3 aromatic carbocycles. The fraction of sp³-hybridized carbons (Fsp3) is 0.241. The lowest BCUT2D eigenvalue weighted by Gasteiger charge is -2.36. The minimum atomic E-state index is -0.894. The van der Waals surface area contributed by atoms with Gasteiger partial charge in [0.1, 0.15) is 17.7 Å². The number of carbonyl (C=O) groups excluding carboxylic acids is 2. The third-order valence-electron chi connectivity index (χ3n) is 6.81. The highest BCUT2D eigenvalue weighted by Crippen LogP contribution is 2.21. The zero-order valence-electron chi connectivity index (χ0n) is 20.8. The van der Waals surface area contributed by atoms with Crippen molar-refractivity contribution in [2.24, 2.45) is 0 Å². The van der Waals surface area contributed by atoms with Crippen LogP contribution >= 0.6 is 0 Å². The highest BCUT2D eigenvalue weighted by Gasteiger charge is 2.30. The van der Waals surface area contributed by atoms with Crippen molar-refractivity contribution in [2.75, 3.05) is 31.5 Å². The van der Waals surface area contributed by atoms with Crippen LogP contribution in [-0.2, 0) is 17.8 Å². The number of benzene rings is 3. The lowest BCUT2D eigenvalue weighted by atomic mass is 10.0. The van der Waals surface area contributed by atoms with Gasteiger partial charge < -0.3 is 20.5 Å². The average Bonchev–Trinajstić information content (AvgIpc) is 3.33. The molecule has 3 N–H and O–H groups in total. The Labute approximate surface area is 219 Å². The van der Waals surface area contributed by atoms with Crippen LogP contribution in [0.4, 0.5) is 19.3 Å². The number of anilines is 1. The molecule has 7 nitrogen and oxygen atoms in total. The van der Waals surface area contributed by atoms with Crippen LogP contribution in [0.5, 0.6) is 0 Å². The molecule has 38 heavy (non-hydrogen) atoms. The number of amides is 3. The highest BCUT2D eigenvalue weighted by atomic mass is 19.1. The first-order valence-electron chi connectivity index (χ1n) is 12.6. The number of hydrogen-bond donors (Lipinski definition) is 3. The monoisotopic (exact) mass is 517 g/mol. The van der Waals surface area contributed by atoms with Crippen LogP contribution in [0.25, 0.3) is 10.9 Å². The Morgan fingerprint density at radius 2 is 1.66 bits per heavy atom. The van der Waals surface area contributed by atoms with Gasteiger partial charge >= 0.3 is 6.03 Å². The van der Waals surface area contributed by atoms with E-state index in [2.05, 4.69) is 32.7 Å². The number of aromatic amines is 1. The van der Waals surface area contributed by atoms with Gasteiger partial charge in [-0.3, -0.25) is 9.69 Å². The SMILES string of the molecule is O=C(Nc1ccc(F)cc1F)NC(Cc1c[nH]c2ccccc12)C(=O)N1CCN(Cc2ccccc2)CC1. The molecule has 0 aliphatic carbocycles. The molecule has 2 heterocycles. The number of piperazine rings is 1. The number of rotatable bonds is 7. The second-order valence-electron chi connectivity index (χ2n) is 9.43. The van der Waals surface area contributed by atoms with E-state index in [0.717, 1.165) is 35.1 Å². The predicted octanol–water partition coefficient (Wildman–Crippen LogP) is 4.52. The second kappa shape index (κ2) is 11.4. The molecule has 0 radical (unpaired) electrons. The molecule has 4 aromatic rings. The smallest absolute Gasteiger partial charge is 0.319 e. The first-order valence-corrected chi connectivity index (χ1v) is 12.6. The van der Waals surface area contributed by atoms with Crippen LogP contribution in [-0.4, -0.2) is 58.9 Å². The number of nitrogens with zero attached hydrogens (tertiary/aromatic N) is 2. The molecule has 1 atom stereocenters. The molecule has 1 unspecified atom stereocenters. The fourth-order valence-electron chi connectivity index (χ4n) is 4.82. The van der Waals surface area contributed by atoms with Crippen LogP contribution in [0, 0.1) is 11.6 Å². The van der Waals surface area contributed by atoms with Crippen LogP contribution in [0.15, 0.2) is 79.0 Å². The summed E-state index contributed by atoms with van der Waals surface area (Å²) in [6.45, 7) is 3.31. The summed E-state index contributed by atoms with van der Waals surface area (Å²) in [4.78, 5) is 33.7. The second-order valence-corrected chi connectivity index (χ2v) is 9.43. The number of fused-ring (bicyclic) bond motifs is 1. The van der Waals surface area contributed by atoms with Crippen molar-refractivity contribution in [2.45, 2.75) is 19.0 Å². The van der Waals surface area contributed by atoms with Gasteiger partial charge in [-0.25, -0.2) is 13.6 Å². The van der Waals surface area contributed by atoms with E-state index in [1.807, 2.05) is 48.7 Å². The number of urea groups is 1. The summed E-state index contributed by atoms with van der Waals surface area (Å²) in [5.74, 6) is -1.84. The Hall–Kier alpha value is -4.24. The van der Waals surface area contributed by atoms with E-state index < -0.39 is 23.7 Å². The Kier molecular flexibility index (Phi) is 7.65. The summed E-state index contributed by atoms with van der Waals surface area (Å²) >= 11 is 0. The van der Waals surface area contributed by atoms with Gasteiger partial charge in [0.2, 0.25) is 5.91 Å². The van der Waals surface area contributed by atoms with Crippen molar-refractivity contribution < 1.29 is 18.4 Å². The zero-order chi connectivity index (χ0) is 26.5. The standard InChI is InChI=1S/C29H29F2N5O2/c30-22-10-11-26(24(31)17-22)33-29(38)34-27(16-21-18-32-25-9-5-4-8-23(21)25)28(37)36-14-12-35(13-15-36)19-20-6-2-1-3-7-20/h1-11,17-18,27,32H,12-16,19H2,(H2,33,34,38). The molecular weight excluding hydrogens is 488 g/mol. The zero-order valence-corrected chi connectivity index (χ0v) is 20.8. The molecule has 3 amide bonds. The molecule has 1 aliphatic rings. The predicted molar refractivity (Wildman–Crippen MR) is 143 cm³/mol. The number of carbonyl (C=O) groups is 2. The minimum absolute atomic E-state index is 0.170. The summed E-state index contributed by atoms with van der Waals surface area (Å²) in [6.07, 6.45) is 2.09. The van der Waals surface area contributed by atoms with E-state index in [-0.39, 0.29) is 18.0 Å². The summed E-state index contributed by atoms with van der Waals surface area (Å²) in [6, 6.07) is 19.2. The third-order valence-corrected chi connectivity index (χ3v) is 6.81. The first-order chi connectivity index (χ1) is 18.5. The molecule has 0 saturated carbocycles. The first kappa shape index (κ1) is 25.4. The van der Waals surface area contributed by atoms with Gasteiger partial charge in [-0.1, -0.05) is 48.5 Å². The molecule has 1 saturated heterocycles. The highest BCUT2D eigenvalue weighted by molar-refractivity contribution is 5.94. The quantitative estimate of drug-likeness (QED) is 0.337. The Morgan fingerprint density at radius 3 is 2.42 bits per heavy atom. The van der Waals surface area contributed by atoms with Crippen molar-refractivity contribution in [3.8, 4) is 0 Å². The molecule has 196 valence electrons. The van der Waals surface area contributed by atoms with E-state index in [4.69, 9.17) is 0 Å². The Balaban J connectivity index is 1.29. The molecule has 1 fully saturated rings. The molecule has 0 spiro atoms. The number of halogens is 2. The van der Waals surface area contributed by atoms with Crippen molar-refractivity contribution in [1.29, 1.82) is 0 Å². The average molecular weight is 518 g/mol. The van der Waals surface area contributed by atoms with Crippen LogP contribution < -0.4 is 10.6 Å². The molecule has 5 rings (SSSR count). The van der Waals surface area contributed by atoms with Crippen molar-refractivity contribution >= 4 is 28.5 Å². The van der Waals surface area contributed by atoms with Gasteiger partial charge in [0.05, 0.1) is 5.69 Å². The van der Waals surface area contributed by atoms with Gasteiger partial charge in [0, 0.05) is 62.3 Å². The number of hydrogen-bond acceptors (Lipinski definition) is 3. The Bertz CT molecular complexity index is 1420. The molecule has 1 aromatic heterocycles. The maximum atomic E-state index is 14.1. The van der Waals surface area contributed by atoms with Gasteiger partial charge in [-0.15, -0.1) is 0 Å². The molecule has 0 bridgehead atoms.